The number of nitrogens with zero attached hydrogens (tertiary/aromatic N) is 2. The average Bonchev–Trinajstić information content (AvgIpc) is 3.44. The zero-order chi connectivity index (χ0) is 22.0. The Balaban J connectivity index is 1.54. The first-order valence-electron chi connectivity index (χ1n) is 11.3. The second-order valence-electron chi connectivity index (χ2n) is 8.34. The van der Waals surface area contributed by atoms with Gasteiger partial charge in [-0.25, -0.2) is 12.7 Å². The van der Waals surface area contributed by atoms with E-state index in [1.165, 1.54) is 27.0 Å². The molecule has 1 aliphatic heterocycles. The normalized spacial score (nSPS) is 16.5. The lowest BCUT2D eigenvalue weighted by Gasteiger charge is -2.30. The maximum Gasteiger partial charge on any atom is 0.213 e. The second-order valence-corrected chi connectivity index (χ2v) is 11.6. The van der Waals surface area contributed by atoms with E-state index < -0.39 is 10.0 Å². The monoisotopic (exact) mass is 459 g/mol. The molecule has 1 aromatic carbocycles. The number of sulfonamides is 1. The van der Waals surface area contributed by atoms with E-state index in [4.69, 9.17) is 0 Å². The van der Waals surface area contributed by atoms with E-state index in [1.807, 2.05) is 11.3 Å². The Morgan fingerprint density at radius 1 is 1.10 bits per heavy atom. The van der Waals surface area contributed by atoms with Crippen LogP contribution in [0.2, 0.25) is 0 Å². The number of aromatic amines is 1. The van der Waals surface area contributed by atoms with Gasteiger partial charge in [-0.15, -0.1) is 11.3 Å². The van der Waals surface area contributed by atoms with Crippen molar-refractivity contribution in [2.45, 2.75) is 46.1 Å². The minimum absolute atomic E-state index is 0.186. The SMILES string of the molecule is CCN(CC)Cc1cc(-c2ccc3[nH]cc(C4CCN(S(=O)(=O)CC)CC4)c3c2)cs1. The molecule has 1 saturated heterocycles. The maximum atomic E-state index is 12.2. The number of hydrogen-bond acceptors (Lipinski definition) is 4. The van der Waals surface area contributed by atoms with Gasteiger partial charge in [0.2, 0.25) is 10.0 Å². The van der Waals surface area contributed by atoms with Crippen LogP contribution in [0.15, 0.2) is 35.8 Å². The fourth-order valence-electron chi connectivity index (χ4n) is 4.57. The van der Waals surface area contributed by atoms with Crippen LogP contribution >= 0.6 is 11.3 Å². The van der Waals surface area contributed by atoms with Gasteiger partial charge in [0.1, 0.15) is 0 Å². The number of benzene rings is 1. The summed E-state index contributed by atoms with van der Waals surface area (Å²) in [5, 5.41) is 3.53. The first-order chi connectivity index (χ1) is 14.9. The molecule has 0 atom stereocenters. The highest BCUT2D eigenvalue weighted by Crippen LogP contribution is 2.36. The second kappa shape index (κ2) is 9.45. The minimum Gasteiger partial charge on any atom is -0.361 e. The molecule has 0 radical (unpaired) electrons. The molecule has 1 aliphatic rings. The summed E-state index contributed by atoms with van der Waals surface area (Å²) in [5.41, 5.74) is 5.01. The maximum absolute atomic E-state index is 12.2. The quantitative estimate of drug-likeness (QED) is 0.499. The Labute approximate surface area is 190 Å². The van der Waals surface area contributed by atoms with Crippen molar-refractivity contribution in [2.75, 3.05) is 31.9 Å². The molecule has 0 aliphatic carbocycles. The van der Waals surface area contributed by atoms with Gasteiger partial charge in [-0.3, -0.25) is 4.90 Å². The summed E-state index contributed by atoms with van der Waals surface area (Å²) in [6.45, 7) is 10.5. The van der Waals surface area contributed by atoms with Crippen LogP contribution in [0, 0.1) is 0 Å². The molecule has 1 fully saturated rings. The van der Waals surface area contributed by atoms with E-state index in [2.05, 4.69) is 59.6 Å². The summed E-state index contributed by atoms with van der Waals surface area (Å²) in [7, 11) is -3.09. The fraction of sp³-hybridized carbons (Fsp3) is 0.500. The zero-order valence-electron chi connectivity index (χ0n) is 18.7. The summed E-state index contributed by atoms with van der Waals surface area (Å²) in [6, 6.07) is 9.00. The van der Waals surface area contributed by atoms with Crippen molar-refractivity contribution >= 4 is 32.3 Å². The predicted octanol–water partition coefficient (Wildman–Crippen LogP) is 5.27. The standard InChI is InChI=1S/C24H33N3O2S2/c1-4-26(5-2)16-21-13-20(17-30-21)19-7-8-24-22(14-19)23(15-25-24)18-9-11-27(12-10-18)31(28,29)6-3/h7-8,13-15,17-18,25H,4-6,9-12,16H2,1-3H3. The van der Waals surface area contributed by atoms with Crippen LogP contribution in [-0.4, -0.2) is 54.5 Å². The topological polar surface area (TPSA) is 56.4 Å². The molecule has 168 valence electrons. The van der Waals surface area contributed by atoms with Gasteiger partial charge in [0.05, 0.1) is 5.75 Å². The molecule has 0 spiro atoms. The molecule has 5 nitrogen and oxygen atoms in total. The molecule has 2 aromatic heterocycles. The van der Waals surface area contributed by atoms with Crippen LogP contribution in [0.5, 0.6) is 0 Å². The molecule has 3 heterocycles. The first-order valence-corrected chi connectivity index (χ1v) is 13.8. The van der Waals surface area contributed by atoms with E-state index in [-0.39, 0.29) is 5.75 Å². The fourth-order valence-corrected chi connectivity index (χ4v) is 6.64. The lowest BCUT2D eigenvalue weighted by Crippen LogP contribution is -2.38. The highest BCUT2D eigenvalue weighted by atomic mass is 32.2. The molecule has 31 heavy (non-hydrogen) atoms. The Morgan fingerprint density at radius 3 is 2.52 bits per heavy atom. The van der Waals surface area contributed by atoms with Crippen molar-refractivity contribution < 1.29 is 8.42 Å². The molecule has 0 amide bonds. The van der Waals surface area contributed by atoms with Gasteiger partial charge in [0.15, 0.2) is 0 Å². The van der Waals surface area contributed by atoms with Crippen molar-refractivity contribution in [1.82, 2.24) is 14.2 Å². The number of aromatic nitrogens is 1. The van der Waals surface area contributed by atoms with E-state index in [1.54, 1.807) is 11.2 Å². The average molecular weight is 460 g/mol. The number of rotatable bonds is 8. The summed E-state index contributed by atoms with van der Waals surface area (Å²) < 4.78 is 26.0. The Bertz CT molecular complexity index is 1120. The lowest BCUT2D eigenvalue weighted by molar-refractivity contribution is 0.298. The third-order valence-electron chi connectivity index (χ3n) is 6.63. The van der Waals surface area contributed by atoms with E-state index in [9.17, 15) is 8.42 Å². The zero-order valence-corrected chi connectivity index (χ0v) is 20.4. The van der Waals surface area contributed by atoms with Crippen molar-refractivity contribution in [2.24, 2.45) is 0 Å². The smallest absolute Gasteiger partial charge is 0.213 e. The van der Waals surface area contributed by atoms with Crippen LogP contribution in [0.25, 0.3) is 22.0 Å². The highest BCUT2D eigenvalue weighted by Gasteiger charge is 2.28. The third-order valence-corrected chi connectivity index (χ3v) is 9.43. The van der Waals surface area contributed by atoms with Crippen LogP contribution < -0.4 is 0 Å². The Morgan fingerprint density at radius 2 is 1.84 bits per heavy atom. The van der Waals surface area contributed by atoms with Gasteiger partial charge >= 0.3 is 0 Å². The molecule has 0 saturated carbocycles. The molecule has 3 aromatic rings. The molecule has 1 N–H and O–H groups in total. The largest absolute Gasteiger partial charge is 0.361 e. The van der Waals surface area contributed by atoms with Crippen LogP contribution in [0.1, 0.15) is 50.0 Å². The van der Waals surface area contributed by atoms with Crippen molar-refractivity contribution in [3.8, 4) is 11.1 Å². The van der Waals surface area contributed by atoms with Gasteiger partial charge < -0.3 is 4.98 Å². The molecule has 4 rings (SSSR count). The molecule has 7 heteroatoms. The van der Waals surface area contributed by atoms with Gasteiger partial charge in [-0.1, -0.05) is 19.9 Å². The lowest BCUT2D eigenvalue weighted by atomic mass is 9.89. The number of piperidine rings is 1. The summed E-state index contributed by atoms with van der Waals surface area (Å²) in [5.74, 6) is 0.582. The number of H-pyrrole nitrogens is 1. The number of hydrogen-bond donors (Lipinski definition) is 1. The minimum atomic E-state index is -3.09. The summed E-state index contributed by atoms with van der Waals surface area (Å²) in [6.07, 6.45) is 3.88. The third kappa shape index (κ3) is 4.75. The van der Waals surface area contributed by atoms with E-state index >= 15 is 0 Å². The molecule has 0 bridgehead atoms. The molecular weight excluding hydrogens is 426 g/mol. The van der Waals surface area contributed by atoms with E-state index in [0.29, 0.717) is 19.0 Å². The first kappa shape index (κ1) is 22.5. The van der Waals surface area contributed by atoms with Gasteiger partial charge in [-0.2, -0.15) is 0 Å². The summed E-state index contributed by atoms with van der Waals surface area (Å²) in [4.78, 5) is 7.27. The van der Waals surface area contributed by atoms with Crippen LogP contribution in [0.4, 0.5) is 0 Å². The Hall–Kier alpha value is -1.67. The van der Waals surface area contributed by atoms with Gasteiger partial charge in [0, 0.05) is 41.6 Å². The number of fused-ring (bicyclic) bond motifs is 1. The molecule has 0 unspecified atom stereocenters. The van der Waals surface area contributed by atoms with Crippen molar-refractivity contribution in [3.63, 3.8) is 0 Å². The Kier molecular flexibility index (Phi) is 6.86. The molecular formula is C24H33N3O2S2. The van der Waals surface area contributed by atoms with Crippen molar-refractivity contribution in [3.05, 3.63) is 46.3 Å². The van der Waals surface area contributed by atoms with Gasteiger partial charge in [0.25, 0.3) is 0 Å². The van der Waals surface area contributed by atoms with Crippen LogP contribution in [-0.2, 0) is 16.6 Å². The highest BCUT2D eigenvalue weighted by molar-refractivity contribution is 7.89. The van der Waals surface area contributed by atoms with Crippen LogP contribution in [0.3, 0.4) is 0 Å². The predicted molar refractivity (Wildman–Crippen MR) is 131 cm³/mol. The van der Waals surface area contributed by atoms with E-state index in [0.717, 1.165) is 38.0 Å². The number of thiophene rings is 1. The summed E-state index contributed by atoms with van der Waals surface area (Å²) >= 11 is 1.84. The van der Waals surface area contributed by atoms with Crippen molar-refractivity contribution in [1.29, 1.82) is 0 Å². The number of nitrogens with one attached hydrogen (secondary N) is 1. The van der Waals surface area contributed by atoms with Gasteiger partial charge in [-0.05, 0) is 79.0 Å².